The topological polar surface area (TPSA) is 137 Å². The Kier molecular flexibility index (Phi) is 5.54. The van der Waals surface area contributed by atoms with Crippen LogP contribution in [0.4, 0.5) is 0 Å². The number of hydrogen-bond acceptors (Lipinski definition) is 8. The van der Waals surface area contributed by atoms with Crippen LogP contribution in [0.5, 0.6) is 0 Å². The van der Waals surface area contributed by atoms with Gasteiger partial charge in [-0.15, -0.1) is 0 Å². The number of hydrogen-bond donors (Lipinski definition) is 1. The van der Waals surface area contributed by atoms with Gasteiger partial charge < -0.3 is 19.3 Å². The lowest BCUT2D eigenvalue weighted by molar-refractivity contribution is -0.196. The number of carboxylic acid groups (broad SMARTS) is 1. The molecule has 1 N–H and O–H groups in total. The van der Waals surface area contributed by atoms with Gasteiger partial charge in [-0.2, -0.15) is 0 Å². The molecule has 7 aliphatic rings. The van der Waals surface area contributed by atoms with Gasteiger partial charge in [-0.05, 0) is 66.6 Å². The van der Waals surface area contributed by atoms with E-state index in [0.717, 1.165) is 19.3 Å². The van der Waals surface area contributed by atoms with E-state index in [4.69, 9.17) is 14.2 Å². The summed E-state index contributed by atoms with van der Waals surface area (Å²) >= 11 is 0. The van der Waals surface area contributed by atoms with E-state index in [2.05, 4.69) is 27.7 Å². The summed E-state index contributed by atoms with van der Waals surface area (Å²) in [6, 6.07) is 0. The lowest BCUT2D eigenvalue weighted by Crippen LogP contribution is -2.56. The van der Waals surface area contributed by atoms with Gasteiger partial charge in [0, 0.05) is 23.9 Å². The van der Waals surface area contributed by atoms with Crippen LogP contribution in [0.25, 0.3) is 0 Å². The van der Waals surface area contributed by atoms with E-state index in [-0.39, 0.29) is 40.8 Å². The number of carbonyl (C=O) groups is 1. The number of fused-ring (bicyclic) bond motifs is 8. The molecule has 3 aliphatic heterocycles. The van der Waals surface area contributed by atoms with E-state index < -0.39 is 67.3 Å². The van der Waals surface area contributed by atoms with E-state index >= 15 is 0 Å². The molecular formula is C27H41NO9S2. The fraction of sp³-hybridized carbons (Fsp3) is 0.963. The molecular weight excluding hydrogens is 546 g/mol. The van der Waals surface area contributed by atoms with Crippen molar-refractivity contribution in [3.8, 4) is 0 Å². The second-order valence-corrected chi connectivity index (χ2v) is 18.5. The highest BCUT2D eigenvalue weighted by Gasteiger charge is 2.75. The molecule has 0 unspecified atom stereocenters. The lowest BCUT2D eigenvalue weighted by Gasteiger charge is -2.44. The molecule has 0 aromatic heterocycles. The standard InChI is InChI=1S/C27H41NO9S2/c1-24(2)17-5-8-26(24,22-15(17)7-10-35-22)13-38(31,32)28-19(12-20(29)30)36-21-11-16-18-6-9-27(23(16)37-21,25(18,3)4)14-39(28,33)34/h15-19,21-23H,5-14H2,1-4H3,(H,29,30)/t15-,16+,17-,18+,19+,21-,22-,23+,26-,27+/m0/s1. The average Bonchev–Trinajstić information content (AvgIpc) is 3.57. The van der Waals surface area contributed by atoms with Crippen molar-refractivity contribution in [1.29, 1.82) is 0 Å². The Morgan fingerprint density at radius 2 is 1.67 bits per heavy atom. The molecule has 1 spiro atoms. The van der Waals surface area contributed by atoms with Gasteiger partial charge in [0.05, 0.1) is 30.1 Å². The van der Waals surface area contributed by atoms with E-state index in [0.29, 0.717) is 35.5 Å². The Hall–Kier alpha value is -0.790. The monoisotopic (exact) mass is 587 g/mol. The molecule has 10 atom stereocenters. The van der Waals surface area contributed by atoms with Crippen molar-refractivity contribution < 1.29 is 40.9 Å². The van der Waals surface area contributed by atoms with Crippen molar-refractivity contribution in [3.05, 3.63) is 0 Å². The maximum absolute atomic E-state index is 14.5. The van der Waals surface area contributed by atoms with Crippen LogP contribution in [-0.2, 0) is 39.1 Å². The third-order valence-electron chi connectivity index (χ3n) is 13.0. The molecule has 6 bridgehead atoms. The zero-order valence-electron chi connectivity index (χ0n) is 23.2. The highest BCUT2D eigenvalue weighted by molar-refractivity contribution is 8.04. The van der Waals surface area contributed by atoms with Crippen molar-refractivity contribution in [2.24, 2.45) is 45.3 Å². The second-order valence-electron chi connectivity index (χ2n) is 14.6. The van der Waals surface area contributed by atoms with Crippen molar-refractivity contribution in [2.75, 3.05) is 18.1 Å². The molecule has 0 radical (unpaired) electrons. The van der Waals surface area contributed by atoms with Crippen LogP contribution in [0.2, 0.25) is 0 Å². The molecule has 3 saturated heterocycles. The summed E-state index contributed by atoms with van der Waals surface area (Å²) in [6.45, 7) is 8.92. The Morgan fingerprint density at radius 1 is 0.974 bits per heavy atom. The number of nitrogens with zero attached hydrogens (tertiary/aromatic N) is 1. The van der Waals surface area contributed by atoms with Gasteiger partial charge in [-0.1, -0.05) is 31.4 Å². The van der Waals surface area contributed by atoms with E-state index in [9.17, 15) is 26.7 Å². The largest absolute Gasteiger partial charge is 0.481 e. The van der Waals surface area contributed by atoms with Gasteiger partial charge in [-0.25, -0.2) is 16.8 Å². The number of sulfonamides is 2. The minimum atomic E-state index is -4.55. The number of ether oxygens (including phenoxy) is 3. The first-order valence-electron chi connectivity index (χ1n) is 14.5. The smallest absolute Gasteiger partial charge is 0.307 e. The summed E-state index contributed by atoms with van der Waals surface area (Å²) in [5.74, 6) is -1.18. The zero-order valence-corrected chi connectivity index (χ0v) is 24.8. The average molecular weight is 588 g/mol. The van der Waals surface area contributed by atoms with Gasteiger partial charge in [0.2, 0.25) is 20.0 Å². The van der Waals surface area contributed by atoms with Gasteiger partial charge >= 0.3 is 5.97 Å². The third kappa shape index (κ3) is 3.25. The van der Waals surface area contributed by atoms with Crippen LogP contribution in [0, 0.1) is 45.3 Å². The van der Waals surface area contributed by atoms with Gasteiger partial charge in [0.1, 0.15) is 0 Å². The molecule has 12 heteroatoms. The minimum Gasteiger partial charge on any atom is -0.481 e. The molecule has 3 heterocycles. The Labute approximate surface area is 231 Å². The summed E-state index contributed by atoms with van der Waals surface area (Å²) < 4.78 is 77.0. The van der Waals surface area contributed by atoms with Crippen LogP contribution in [0.3, 0.4) is 0 Å². The summed E-state index contributed by atoms with van der Waals surface area (Å²) in [6.07, 6.45) is 0.488. The normalized spacial score (nSPS) is 50.5. The van der Waals surface area contributed by atoms with Crippen LogP contribution in [0.15, 0.2) is 0 Å². The van der Waals surface area contributed by atoms with E-state index in [1.165, 1.54) is 0 Å². The first-order valence-corrected chi connectivity index (χ1v) is 17.7. The summed E-state index contributed by atoms with van der Waals surface area (Å²) in [4.78, 5) is 12.0. The molecule has 220 valence electrons. The molecule has 0 aromatic carbocycles. The molecule has 39 heavy (non-hydrogen) atoms. The van der Waals surface area contributed by atoms with Crippen LogP contribution >= 0.6 is 0 Å². The molecule has 4 saturated carbocycles. The quantitative estimate of drug-likeness (QED) is 0.515. The predicted octanol–water partition coefficient (Wildman–Crippen LogP) is 2.79. The van der Waals surface area contributed by atoms with Crippen LogP contribution < -0.4 is 0 Å². The molecule has 0 amide bonds. The Bertz CT molecular complexity index is 1310. The first kappa shape index (κ1) is 27.1. The van der Waals surface area contributed by atoms with Gasteiger partial charge in [-0.3, -0.25) is 4.79 Å². The SMILES string of the molecule is CC1(C)[C@@H]2CC[C@]13CS(=O)(=O)N(S(=O)(=O)C[C@@]14CC[C@@H]([C@@H]5CCO[C@@H]51)C4(C)C)[C@@H](CC(=O)O)O[C@@H]1C[C@H]2[C@H]3O1. The highest BCUT2D eigenvalue weighted by atomic mass is 32.3. The number of carboxylic acids is 1. The maximum Gasteiger partial charge on any atom is 0.307 e. The number of aliphatic carboxylic acids is 1. The van der Waals surface area contributed by atoms with Crippen molar-refractivity contribution in [3.63, 3.8) is 0 Å². The Morgan fingerprint density at radius 3 is 2.38 bits per heavy atom. The maximum atomic E-state index is 14.5. The van der Waals surface area contributed by atoms with Gasteiger partial charge in [0.25, 0.3) is 0 Å². The van der Waals surface area contributed by atoms with Crippen molar-refractivity contribution in [2.45, 2.75) is 97.4 Å². The van der Waals surface area contributed by atoms with E-state index in [1.807, 2.05) is 0 Å². The predicted molar refractivity (Wildman–Crippen MR) is 139 cm³/mol. The molecule has 7 rings (SSSR count). The van der Waals surface area contributed by atoms with Crippen molar-refractivity contribution >= 4 is 26.0 Å². The lowest BCUT2D eigenvalue weighted by atomic mass is 9.69. The van der Waals surface area contributed by atoms with Crippen molar-refractivity contribution in [1.82, 2.24) is 3.71 Å². The van der Waals surface area contributed by atoms with Crippen LogP contribution in [-0.4, -0.2) is 74.5 Å². The summed E-state index contributed by atoms with van der Waals surface area (Å²) in [5.41, 5.74) is -2.22. The highest BCUT2D eigenvalue weighted by Crippen LogP contribution is 2.73. The van der Waals surface area contributed by atoms with Gasteiger partial charge in [0.15, 0.2) is 12.5 Å². The molecule has 4 aliphatic carbocycles. The fourth-order valence-corrected chi connectivity index (χ4v) is 16.8. The zero-order chi connectivity index (χ0) is 28.0. The summed E-state index contributed by atoms with van der Waals surface area (Å²) in [7, 11) is -9.07. The number of rotatable bonds is 5. The molecule has 0 aromatic rings. The Balaban J connectivity index is 1.33. The van der Waals surface area contributed by atoms with Crippen LogP contribution in [0.1, 0.15) is 72.6 Å². The third-order valence-corrected chi connectivity index (χ3v) is 17.6. The summed E-state index contributed by atoms with van der Waals surface area (Å²) in [5, 5.41) is 9.76. The second kappa shape index (κ2) is 7.98. The molecule has 7 fully saturated rings. The minimum absolute atomic E-state index is 0.118. The fourth-order valence-electron chi connectivity index (χ4n) is 11.2. The van der Waals surface area contributed by atoms with E-state index in [1.54, 1.807) is 0 Å². The molecule has 10 nitrogen and oxygen atoms in total. The first-order chi connectivity index (χ1) is 18.1.